The van der Waals surface area contributed by atoms with Gasteiger partial charge in [0.25, 0.3) is 0 Å². The van der Waals surface area contributed by atoms with E-state index in [2.05, 4.69) is 0 Å². The number of benzene rings is 1. The first-order valence-corrected chi connectivity index (χ1v) is 4.91. The molecule has 5 heteroatoms. The minimum absolute atomic E-state index is 0.370. The Morgan fingerprint density at radius 3 is 2.29 bits per heavy atom. The van der Waals surface area contributed by atoms with Gasteiger partial charge in [0.05, 0.1) is 14.2 Å². The Bertz CT molecular complexity index is 317. The smallest absolute Gasteiger partial charge is 0.228 e. The van der Waals surface area contributed by atoms with Crippen molar-refractivity contribution in [3.8, 4) is 17.2 Å². The summed E-state index contributed by atoms with van der Waals surface area (Å²) in [4.78, 5) is 0. The Hall–Kier alpha value is -0.720. The molecule has 1 rings (SSSR count). The molecular weight excluding hydrogens is 302 g/mol. The molecule has 0 atom stereocenters. The summed E-state index contributed by atoms with van der Waals surface area (Å²) in [5.74, 6) is 1.50. The summed E-state index contributed by atoms with van der Waals surface area (Å²) in [6, 6.07) is 3.41. The molecule has 0 N–H and O–H groups in total. The van der Waals surface area contributed by atoms with Crippen molar-refractivity contribution in [3.05, 3.63) is 15.7 Å². The van der Waals surface area contributed by atoms with Crippen molar-refractivity contribution in [1.29, 1.82) is 0 Å². The molecule has 1 aromatic carbocycles. The third-order valence-corrected chi connectivity index (χ3v) is 2.69. The molecule has 0 bridgehead atoms. The van der Waals surface area contributed by atoms with E-state index < -0.39 is 6.86 Å². The molecule has 78 valence electrons. The van der Waals surface area contributed by atoms with Gasteiger partial charge in [-0.15, -0.1) is 0 Å². The van der Waals surface area contributed by atoms with Gasteiger partial charge < -0.3 is 14.2 Å². The van der Waals surface area contributed by atoms with Crippen LogP contribution in [0.2, 0.25) is 0 Å². The fourth-order valence-electron chi connectivity index (χ4n) is 1.03. The van der Waals surface area contributed by atoms with Gasteiger partial charge in [0.15, 0.2) is 11.5 Å². The van der Waals surface area contributed by atoms with E-state index in [0.29, 0.717) is 20.8 Å². The van der Waals surface area contributed by atoms with Crippen LogP contribution in [0.5, 0.6) is 17.2 Å². The lowest BCUT2D eigenvalue weighted by Crippen LogP contribution is -1.98. The molecular formula is C9H10FIO3. The predicted octanol–water partition coefficient (Wildman–Crippen LogP) is 2.61. The van der Waals surface area contributed by atoms with Crippen molar-refractivity contribution < 1.29 is 18.6 Å². The van der Waals surface area contributed by atoms with Crippen LogP contribution < -0.4 is 14.2 Å². The largest absolute Gasteiger partial charge is 0.496 e. The fourth-order valence-corrected chi connectivity index (χ4v) is 1.85. The third-order valence-electron chi connectivity index (χ3n) is 1.66. The molecule has 0 aliphatic heterocycles. The second kappa shape index (κ2) is 5.23. The number of ether oxygens (including phenoxy) is 3. The summed E-state index contributed by atoms with van der Waals surface area (Å²) in [5.41, 5.74) is 0. The average molecular weight is 312 g/mol. The zero-order valence-electron chi connectivity index (χ0n) is 7.84. The lowest BCUT2D eigenvalue weighted by Gasteiger charge is -2.12. The first-order chi connectivity index (χ1) is 6.74. The summed E-state index contributed by atoms with van der Waals surface area (Å²) in [6.07, 6.45) is 0. The fraction of sp³-hybridized carbons (Fsp3) is 0.333. The number of alkyl halides is 1. The summed E-state index contributed by atoms with van der Waals surface area (Å²) < 4.78 is 27.7. The van der Waals surface area contributed by atoms with Gasteiger partial charge in [-0.05, 0) is 34.7 Å². The molecule has 0 aliphatic carbocycles. The number of halogens is 2. The minimum Gasteiger partial charge on any atom is -0.496 e. The maximum atomic E-state index is 12.1. The Morgan fingerprint density at radius 1 is 1.21 bits per heavy atom. The molecule has 0 spiro atoms. The second-order valence-corrected chi connectivity index (χ2v) is 3.45. The monoisotopic (exact) mass is 312 g/mol. The standard InChI is InChI=1S/C9H10FIO3/c1-12-6-3-4-7(13-2)9(8(6)11)14-5-10/h3-4H,5H2,1-2H3. The molecule has 1 aromatic rings. The lowest BCUT2D eigenvalue weighted by atomic mass is 10.3. The van der Waals surface area contributed by atoms with E-state index in [9.17, 15) is 4.39 Å². The van der Waals surface area contributed by atoms with Crippen molar-refractivity contribution >= 4 is 22.6 Å². The minimum atomic E-state index is -0.889. The van der Waals surface area contributed by atoms with E-state index in [1.165, 1.54) is 7.11 Å². The van der Waals surface area contributed by atoms with Gasteiger partial charge in [0, 0.05) is 0 Å². The molecule has 0 aliphatic rings. The normalized spacial score (nSPS) is 9.71. The molecule has 0 radical (unpaired) electrons. The van der Waals surface area contributed by atoms with E-state index >= 15 is 0 Å². The number of rotatable bonds is 4. The third kappa shape index (κ3) is 2.20. The Balaban J connectivity index is 3.16. The highest BCUT2D eigenvalue weighted by atomic mass is 127. The molecule has 0 saturated heterocycles. The molecule has 0 heterocycles. The Kier molecular flexibility index (Phi) is 4.24. The molecule has 0 saturated carbocycles. The van der Waals surface area contributed by atoms with Gasteiger partial charge in [0.1, 0.15) is 9.32 Å². The van der Waals surface area contributed by atoms with Crippen LogP contribution in [0.4, 0.5) is 4.39 Å². The van der Waals surface area contributed by atoms with E-state index in [0.717, 1.165) is 0 Å². The van der Waals surface area contributed by atoms with Crippen molar-refractivity contribution in [3.63, 3.8) is 0 Å². The Labute approximate surface area is 95.3 Å². The van der Waals surface area contributed by atoms with E-state index in [1.54, 1.807) is 19.2 Å². The van der Waals surface area contributed by atoms with Crippen LogP contribution in [0.3, 0.4) is 0 Å². The number of hydrogen-bond acceptors (Lipinski definition) is 3. The van der Waals surface area contributed by atoms with Crippen molar-refractivity contribution in [2.45, 2.75) is 0 Å². The van der Waals surface area contributed by atoms with Crippen LogP contribution in [-0.2, 0) is 0 Å². The molecule has 0 amide bonds. The number of hydrogen-bond donors (Lipinski definition) is 0. The second-order valence-electron chi connectivity index (χ2n) is 2.37. The predicted molar refractivity (Wildman–Crippen MR) is 58.9 cm³/mol. The van der Waals surface area contributed by atoms with Gasteiger partial charge >= 0.3 is 0 Å². The zero-order valence-corrected chi connectivity index (χ0v) is 10.00. The van der Waals surface area contributed by atoms with Crippen LogP contribution >= 0.6 is 22.6 Å². The highest BCUT2D eigenvalue weighted by Crippen LogP contribution is 2.38. The van der Waals surface area contributed by atoms with Crippen molar-refractivity contribution in [2.75, 3.05) is 21.1 Å². The van der Waals surface area contributed by atoms with Crippen LogP contribution in [0, 0.1) is 3.57 Å². The Morgan fingerprint density at radius 2 is 1.79 bits per heavy atom. The molecule has 14 heavy (non-hydrogen) atoms. The van der Waals surface area contributed by atoms with Gasteiger partial charge in [-0.25, -0.2) is 4.39 Å². The first kappa shape index (κ1) is 11.4. The first-order valence-electron chi connectivity index (χ1n) is 3.83. The van der Waals surface area contributed by atoms with Crippen molar-refractivity contribution in [1.82, 2.24) is 0 Å². The van der Waals surface area contributed by atoms with Crippen molar-refractivity contribution in [2.24, 2.45) is 0 Å². The van der Waals surface area contributed by atoms with E-state index in [4.69, 9.17) is 14.2 Å². The SMILES string of the molecule is COc1ccc(OC)c(OCF)c1I. The molecule has 3 nitrogen and oxygen atoms in total. The highest BCUT2D eigenvalue weighted by molar-refractivity contribution is 14.1. The molecule has 0 fully saturated rings. The topological polar surface area (TPSA) is 27.7 Å². The van der Waals surface area contributed by atoms with Gasteiger partial charge in [-0.2, -0.15) is 0 Å². The highest BCUT2D eigenvalue weighted by Gasteiger charge is 2.13. The van der Waals surface area contributed by atoms with Gasteiger partial charge in [-0.3, -0.25) is 0 Å². The van der Waals surface area contributed by atoms with Crippen LogP contribution in [0.1, 0.15) is 0 Å². The number of methoxy groups -OCH3 is 2. The van der Waals surface area contributed by atoms with Gasteiger partial charge in [-0.1, -0.05) is 0 Å². The average Bonchev–Trinajstić information content (AvgIpc) is 2.21. The summed E-state index contributed by atoms with van der Waals surface area (Å²) in [5, 5.41) is 0. The van der Waals surface area contributed by atoms with E-state index in [-0.39, 0.29) is 0 Å². The van der Waals surface area contributed by atoms with Crippen LogP contribution in [-0.4, -0.2) is 21.1 Å². The summed E-state index contributed by atoms with van der Waals surface area (Å²) in [7, 11) is 3.05. The molecule has 0 unspecified atom stereocenters. The summed E-state index contributed by atoms with van der Waals surface area (Å²) in [6.45, 7) is -0.889. The quantitative estimate of drug-likeness (QED) is 0.800. The maximum Gasteiger partial charge on any atom is 0.228 e. The maximum absolute atomic E-state index is 12.1. The van der Waals surface area contributed by atoms with Crippen LogP contribution in [0.25, 0.3) is 0 Å². The molecule has 0 aromatic heterocycles. The lowest BCUT2D eigenvalue weighted by molar-refractivity contribution is 0.182. The van der Waals surface area contributed by atoms with E-state index in [1.807, 2.05) is 22.6 Å². The van der Waals surface area contributed by atoms with Gasteiger partial charge in [0.2, 0.25) is 6.86 Å². The zero-order chi connectivity index (χ0) is 10.6. The summed E-state index contributed by atoms with van der Waals surface area (Å²) >= 11 is 2.02. The van der Waals surface area contributed by atoms with Crippen LogP contribution in [0.15, 0.2) is 12.1 Å².